The van der Waals surface area contributed by atoms with E-state index in [-0.39, 0.29) is 17.0 Å². The summed E-state index contributed by atoms with van der Waals surface area (Å²) in [6.07, 6.45) is 0. The average Bonchev–Trinajstić information content (AvgIpc) is 2.33. The Morgan fingerprint density at radius 1 is 1.06 bits per heavy atom. The van der Waals surface area contributed by atoms with E-state index in [1.54, 1.807) is 0 Å². The Hall–Kier alpha value is 0.180. The lowest BCUT2D eigenvalue weighted by atomic mass is 10.1. The second kappa shape index (κ2) is 10.1. The zero-order valence-electron chi connectivity index (χ0n) is 9.08. The van der Waals surface area contributed by atoms with Crippen LogP contribution >= 0.6 is 41.2 Å². The van der Waals surface area contributed by atoms with E-state index < -0.39 is 25.4 Å². The van der Waals surface area contributed by atoms with E-state index in [0.717, 1.165) is 9.92 Å². The molecule has 7 heteroatoms. The molecule has 0 saturated carbocycles. The fraction of sp³-hybridized carbons (Fsp3) is 0.400. The number of hydrogen-bond donors (Lipinski definition) is 5. The molecule has 0 aromatic heterocycles. The second-order valence-corrected chi connectivity index (χ2v) is 4.27. The van der Waals surface area contributed by atoms with Crippen molar-refractivity contribution in [3.8, 4) is 0 Å². The molecule has 0 fully saturated rings. The number of aliphatic hydroxyl groups excluding tert-OH is 3. The Morgan fingerprint density at radius 2 is 1.41 bits per heavy atom. The molecule has 1 aromatic carbocycles. The van der Waals surface area contributed by atoms with Gasteiger partial charge in [-0.3, -0.25) is 0 Å². The summed E-state index contributed by atoms with van der Waals surface area (Å²) >= 11 is 9.65. The van der Waals surface area contributed by atoms with Crippen LogP contribution in [0.1, 0.15) is 0 Å². The first-order valence-electron chi connectivity index (χ1n) is 4.53. The smallest absolute Gasteiger partial charge is 0.0856 e. The van der Waals surface area contributed by atoms with E-state index in [0.29, 0.717) is 0 Å². The van der Waals surface area contributed by atoms with Gasteiger partial charge >= 0.3 is 0 Å². The van der Waals surface area contributed by atoms with Gasteiger partial charge in [0.2, 0.25) is 0 Å². The molecular weight excluding hydrogens is 330 g/mol. The summed E-state index contributed by atoms with van der Waals surface area (Å²) in [5, 5.41) is 25.8. The first-order chi connectivity index (χ1) is 7.47. The van der Waals surface area contributed by atoms with Gasteiger partial charge in [-0.05, 0) is 24.3 Å². The second-order valence-electron chi connectivity index (χ2n) is 3.31. The topological polar surface area (TPSA) is 86.7 Å². The van der Waals surface area contributed by atoms with Crippen molar-refractivity contribution < 1.29 is 15.3 Å². The van der Waals surface area contributed by atoms with Gasteiger partial charge in [0.1, 0.15) is 0 Å². The predicted molar refractivity (Wildman–Crippen MR) is 77.2 cm³/mol. The third kappa shape index (κ3) is 8.84. The maximum atomic E-state index is 8.34. The molecule has 100 valence electrons. The molecule has 1 rings (SSSR count). The van der Waals surface area contributed by atoms with Gasteiger partial charge in [0, 0.05) is 9.92 Å². The summed E-state index contributed by atoms with van der Waals surface area (Å²) in [4.78, 5) is 0.939. The van der Waals surface area contributed by atoms with Crippen LogP contribution in [-0.2, 0) is 0 Å². The first-order valence-corrected chi connectivity index (χ1v) is 5.36. The Morgan fingerprint density at radius 3 is 1.59 bits per heavy atom. The number of aliphatic hydroxyl groups is 3. The Bertz CT molecular complexity index is 267. The highest BCUT2D eigenvalue weighted by Crippen LogP contribution is 2.11. The number of benzene rings is 1. The molecule has 0 radical (unpaired) electrons. The summed E-state index contributed by atoms with van der Waals surface area (Å²) in [6.45, 7) is -1.21. The minimum absolute atomic E-state index is 0. The fourth-order valence-electron chi connectivity index (χ4n) is 0.591. The lowest BCUT2D eigenvalue weighted by Gasteiger charge is -2.20. The van der Waals surface area contributed by atoms with Crippen LogP contribution < -0.4 is 5.73 Å². The number of thiol groups is 1. The molecule has 0 aliphatic heterocycles. The summed E-state index contributed by atoms with van der Waals surface area (Å²) in [5.74, 6) is 0. The van der Waals surface area contributed by atoms with Crippen molar-refractivity contribution in [2.75, 3.05) is 19.8 Å². The molecule has 0 unspecified atom stereocenters. The lowest BCUT2D eigenvalue weighted by molar-refractivity contribution is 0.0698. The van der Waals surface area contributed by atoms with Gasteiger partial charge in [-0.15, -0.1) is 29.6 Å². The Labute approximate surface area is 122 Å². The van der Waals surface area contributed by atoms with E-state index in [9.17, 15) is 0 Å². The molecule has 0 bridgehead atoms. The van der Waals surface area contributed by atoms with E-state index in [1.807, 2.05) is 24.3 Å². The normalized spacial score (nSPS) is 10.0. The highest BCUT2D eigenvalue weighted by atomic mass is 79.9. The maximum absolute atomic E-state index is 8.34. The van der Waals surface area contributed by atoms with E-state index >= 15 is 0 Å². The largest absolute Gasteiger partial charge is 0.394 e. The minimum atomic E-state index is -1.21. The van der Waals surface area contributed by atoms with E-state index in [4.69, 9.17) is 32.7 Å². The zero-order chi connectivity index (χ0) is 12.6. The van der Waals surface area contributed by atoms with Gasteiger partial charge in [0.15, 0.2) is 0 Å². The molecule has 1 aromatic rings. The standard InChI is InChI=1S/C6H5ClS.C4H11NO3.BrH/c7-5-1-3-6(8)4-2-5;5-4(1-6,2-7)3-8;/h1-4,8H;6-8H,1-3,5H2;1H. The lowest BCUT2D eigenvalue weighted by Crippen LogP contribution is -2.50. The first kappa shape index (κ1) is 19.5. The van der Waals surface area contributed by atoms with Gasteiger partial charge < -0.3 is 21.1 Å². The molecule has 0 amide bonds. The number of halogens is 2. The van der Waals surface area contributed by atoms with Gasteiger partial charge in [-0.1, -0.05) is 11.6 Å². The summed E-state index contributed by atoms with van der Waals surface area (Å²) in [7, 11) is 0. The van der Waals surface area contributed by atoms with Gasteiger partial charge in [-0.25, -0.2) is 0 Å². The highest BCUT2D eigenvalue weighted by Gasteiger charge is 2.20. The van der Waals surface area contributed by atoms with Gasteiger partial charge in [0.05, 0.1) is 25.4 Å². The van der Waals surface area contributed by atoms with E-state index in [1.165, 1.54) is 0 Å². The van der Waals surface area contributed by atoms with Crippen molar-refractivity contribution in [1.82, 2.24) is 0 Å². The summed E-state index contributed by atoms with van der Waals surface area (Å²) < 4.78 is 0. The average molecular weight is 347 g/mol. The van der Waals surface area contributed by atoms with Crippen LogP contribution in [0.25, 0.3) is 0 Å². The quantitative estimate of drug-likeness (QED) is 0.526. The predicted octanol–water partition coefficient (Wildman–Crippen LogP) is 0.867. The van der Waals surface area contributed by atoms with Crippen molar-refractivity contribution in [1.29, 1.82) is 0 Å². The van der Waals surface area contributed by atoms with Crippen molar-refractivity contribution in [2.24, 2.45) is 5.73 Å². The van der Waals surface area contributed by atoms with Crippen molar-refractivity contribution in [2.45, 2.75) is 10.4 Å². The molecule has 0 atom stereocenters. The Balaban J connectivity index is 0. The van der Waals surface area contributed by atoms with Crippen LogP contribution in [0.4, 0.5) is 0 Å². The Kier molecular flexibility index (Phi) is 11.6. The van der Waals surface area contributed by atoms with Crippen LogP contribution in [0.5, 0.6) is 0 Å². The number of rotatable bonds is 3. The van der Waals surface area contributed by atoms with Crippen LogP contribution in [0.2, 0.25) is 5.02 Å². The molecule has 0 aliphatic carbocycles. The third-order valence-corrected chi connectivity index (χ3v) is 2.32. The van der Waals surface area contributed by atoms with Crippen LogP contribution in [0.3, 0.4) is 0 Å². The summed E-state index contributed by atoms with van der Waals surface area (Å²) in [6, 6.07) is 7.32. The molecule has 0 saturated heterocycles. The highest BCUT2D eigenvalue weighted by molar-refractivity contribution is 8.93. The van der Waals surface area contributed by atoms with Gasteiger partial charge in [0.25, 0.3) is 0 Å². The van der Waals surface area contributed by atoms with Crippen LogP contribution in [0, 0.1) is 0 Å². The van der Waals surface area contributed by atoms with E-state index in [2.05, 4.69) is 12.6 Å². The SMILES string of the molecule is Br.NC(CO)(CO)CO.Sc1ccc(Cl)cc1. The summed E-state index contributed by atoms with van der Waals surface area (Å²) in [5.41, 5.74) is 3.94. The van der Waals surface area contributed by atoms with Gasteiger partial charge in [-0.2, -0.15) is 0 Å². The fourth-order valence-corrected chi connectivity index (χ4v) is 0.866. The molecule has 5 N–H and O–H groups in total. The zero-order valence-corrected chi connectivity index (χ0v) is 12.4. The molecule has 4 nitrogen and oxygen atoms in total. The van der Waals surface area contributed by atoms with Crippen LogP contribution in [0.15, 0.2) is 29.2 Å². The minimum Gasteiger partial charge on any atom is -0.394 e. The van der Waals surface area contributed by atoms with Crippen LogP contribution in [-0.4, -0.2) is 40.7 Å². The molecular formula is C10H17BrClNO3S. The van der Waals surface area contributed by atoms with Crippen molar-refractivity contribution in [3.63, 3.8) is 0 Å². The molecule has 0 spiro atoms. The van der Waals surface area contributed by atoms with Crippen molar-refractivity contribution in [3.05, 3.63) is 29.3 Å². The maximum Gasteiger partial charge on any atom is 0.0856 e. The number of hydrogen-bond acceptors (Lipinski definition) is 5. The van der Waals surface area contributed by atoms with Crippen molar-refractivity contribution >= 4 is 41.2 Å². The number of nitrogens with two attached hydrogens (primary N) is 1. The molecule has 0 heterocycles. The monoisotopic (exact) mass is 345 g/mol. The third-order valence-electron chi connectivity index (χ3n) is 1.77. The molecule has 0 aliphatic rings. The molecule has 17 heavy (non-hydrogen) atoms.